The van der Waals surface area contributed by atoms with Crippen LogP contribution in [0.5, 0.6) is 0 Å². The second-order valence-corrected chi connectivity index (χ2v) is 6.12. The lowest BCUT2D eigenvalue weighted by atomic mass is 10.1. The van der Waals surface area contributed by atoms with E-state index in [-0.39, 0.29) is 5.91 Å². The summed E-state index contributed by atoms with van der Waals surface area (Å²) in [6.45, 7) is 1.36. The highest BCUT2D eigenvalue weighted by Crippen LogP contribution is 2.11. The van der Waals surface area contributed by atoms with Gasteiger partial charge in [-0.25, -0.2) is 0 Å². The number of carbonyl (C=O) groups is 1. The number of hydrogen-bond acceptors (Lipinski definition) is 2. The molecule has 0 aliphatic rings. The predicted octanol–water partition coefficient (Wildman–Crippen LogP) is 4.48. The summed E-state index contributed by atoms with van der Waals surface area (Å²) in [7, 11) is 0. The largest absolute Gasteiger partial charge is 0.469 e. The van der Waals surface area contributed by atoms with Gasteiger partial charge in [0.05, 0.1) is 6.26 Å². The fourth-order valence-corrected chi connectivity index (χ4v) is 2.85. The van der Waals surface area contributed by atoms with Gasteiger partial charge in [-0.1, -0.05) is 60.7 Å². The van der Waals surface area contributed by atoms with Crippen molar-refractivity contribution in [3.8, 4) is 0 Å². The van der Waals surface area contributed by atoms with Crippen LogP contribution in [0.3, 0.4) is 0 Å². The fraction of sp³-hybridized carbons (Fsp3) is 0.227. The van der Waals surface area contributed by atoms with Crippen LogP contribution in [0.15, 0.2) is 83.5 Å². The topological polar surface area (TPSA) is 33.5 Å². The van der Waals surface area contributed by atoms with Gasteiger partial charge in [0.1, 0.15) is 5.76 Å². The first-order valence-electron chi connectivity index (χ1n) is 8.69. The molecular weight excluding hydrogens is 310 g/mol. The van der Waals surface area contributed by atoms with Crippen LogP contribution in [0, 0.1) is 0 Å². The van der Waals surface area contributed by atoms with Gasteiger partial charge < -0.3 is 9.32 Å². The van der Waals surface area contributed by atoms with Crippen molar-refractivity contribution in [3.63, 3.8) is 0 Å². The summed E-state index contributed by atoms with van der Waals surface area (Å²) in [5.74, 6) is 1.02. The summed E-state index contributed by atoms with van der Waals surface area (Å²) >= 11 is 0. The van der Waals surface area contributed by atoms with Gasteiger partial charge >= 0.3 is 0 Å². The highest BCUT2D eigenvalue weighted by atomic mass is 16.3. The average molecular weight is 333 g/mol. The maximum atomic E-state index is 12.7. The monoisotopic (exact) mass is 333 g/mol. The smallest absolute Gasteiger partial charge is 0.223 e. The zero-order valence-corrected chi connectivity index (χ0v) is 14.3. The van der Waals surface area contributed by atoms with Gasteiger partial charge in [0.15, 0.2) is 0 Å². The van der Waals surface area contributed by atoms with Gasteiger partial charge in [-0.3, -0.25) is 4.79 Å². The number of amides is 1. The second-order valence-electron chi connectivity index (χ2n) is 6.12. The van der Waals surface area contributed by atoms with Crippen LogP contribution in [0.2, 0.25) is 0 Å². The molecule has 3 aromatic rings. The number of nitrogens with zero attached hydrogens (tertiary/aromatic N) is 1. The lowest BCUT2D eigenvalue weighted by Gasteiger charge is -2.23. The van der Waals surface area contributed by atoms with E-state index in [0.717, 1.165) is 24.3 Å². The molecule has 0 radical (unpaired) electrons. The van der Waals surface area contributed by atoms with Crippen LogP contribution in [0.25, 0.3) is 0 Å². The van der Waals surface area contributed by atoms with Crippen LogP contribution in [-0.4, -0.2) is 17.4 Å². The van der Waals surface area contributed by atoms with E-state index in [9.17, 15) is 4.79 Å². The number of carbonyl (C=O) groups excluding carboxylic acids is 1. The molecule has 0 atom stereocenters. The Bertz CT molecular complexity index is 751. The molecule has 1 aromatic heterocycles. The van der Waals surface area contributed by atoms with Crippen molar-refractivity contribution in [2.24, 2.45) is 0 Å². The number of aryl methyl sites for hydroxylation is 1. The summed E-state index contributed by atoms with van der Waals surface area (Å²) in [5.41, 5.74) is 2.40. The van der Waals surface area contributed by atoms with Crippen molar-refractivity contribution in [1.29, 1.82) is 0 Å². The van der Waals surface area contributed by atoms with E-state index in [1.165, 1.54) is 5.56 Å². The first kappa shape index (κ1) is 17.0. The SMILES string of the molecule is O=C(CCc1ccco1)N(CCc1ccccc1)Cc1ccccc1. The van der Waals surface area contributed by atoms with E-state index in [4.69, 9.17) is 4.42 Å². The number of rotatable bonds is 8. The average Bonchev–Trinajstić information content (AvgIpc) is 3.18. The molecule has 0 N–H and O–H groups in total. The minimum atomic E-state index is 0.163. The van der Waals surface area contributed by atoms with Gasteiger partial charge in [0.2, 0.25) is 5.91 Å². The molecule has 128 valence electrons. The summed E-state index contributed by atoms with van der Waals surface area (Å²) in [6.07, 6.45) is 3.62. The Kier molecular flexibility index (Phi) is 6.05. The summed E-state index contributed by atoms with van der Waals surface area (Å²) < 4.78 is 5.34. The molecule has 0 bridgehead atoms. The normalized spacial score (nSPS) is 10.6. The van der Waals surface area contributed by atoms with Crippen molar-refractivity contribution in [2.75, 3.05) is 6.54 Å². The van der Waals surface area contributed by atoms with E-state index < -0.39 is 0 Å². The standard InChI is InChI=1S/C22H23NO2/c24-22(14-13-21-12-7-17-25-21)23(18-20-10-5-2-6-11-20)16-15-19-8-3-1-4-9-19/h1-12,17H,13-16,18H2. The molecular formula is C22H23NO2. The van der Waals surface area contributed by atoms with Crippen molar-refractivity contribution in [1.82, 2.24) is 4.90 Å². The van der Waals surface area contributed by atoms with E-state index in [1.54, 1.807) is 6.26 Å². The van der Waals surface area contributed by atoms with Gasteiger partial charge in [-0.15, -0.1) is 0 Å². The van der Waals surface area contributed by atoms with Gasteiger partial charge in [-0.05, 0) is 29.7 Å². The Morgan fingerprint density at radius 1 is 0.800 bits per heavy atom. The lowest BCUT2D eigenvalue weighted by molar-refractivity contribution is -0.131. The molecule has 0 unspecified atom stereocenters. The third-order valence-electron chi connectivity index (χ3n) is 4.25. The Hall–Kier alpha value is -2.81. The Morgan fingerprint density at radius 2 is 1.48 bits per heavy atom. The predicted molar refractivity (Wildman–Crippen MR) is 99.0 cm³/mol. The van der Waals surface area contributed by atoms with Crippen LogP contribution in [0.1, 0.15) is 23.3 Å². The van der Waals surface area contributed by atoms with E-state index in [1.807, 2.05) is 53.4 Å². The zero-order valence-electron chi connectivity index (χ0n) is 14.3. The first-order chi connectivity index (χ1) is 12.3. The quantitative estimate of drug-likeness (QED) is 0.609. The maximum Gasteiger partial charge on any atom is 0.223 e. The van der Waals surface area contributed by atoms with E-state index in [0.29, 0.717) is 19.4 Å². The highest BCUT2D eigenvalue weighted by Gasteiger charge is 2.14. The zero-order chi connectivity index (χ0) is 17.3. The van der Waals surface area contributed by atoms with Crippen LogP contribution < -0.4 is 0 Å². The van der Waals surface area contributed by atoms with Gasteiger partial charge in [-0.2, -0.15) is 0 Å². The lowest BCUT2D eigenvalue weighted by Crippen LogP contribution is -2.32. The Balaban J connectivity index is 1.63. The van der Waals surface area contributed by atoms with Gasteiger partial charge in [0, 0.05) is 25.9 Å². The second kappa shape index (κ2) is 8.88. The molecule has 1 amide bonds. The van der Waals surface area contributed by atoms with Crippen molar-refractivity contribution >= 4 is 5.91 Å². The molecule has 3 rings (SSSR count). The third kappa shape index (κ3) is 5.35. The number of hydrogen-bond donors (Lipinski definition) is 0. The molecule has 0 aliphatic carbocycles. The molecule has 2 aromatic carbocycles. The minimum Gasteiger partial charge on any atom is -0.469 e. The molecule has 3 heteroatoms. The number of benzene rings is 2. The molecule has 0 fully saturated rings. The summed E-state index contributed by atoms with van der Waals surface area (Å²) in [4.78, 5) is 14.7. The molecule has 1 heterocycles. The minimum absolute atomic E-state index is 0.163. The van der Waals surface area contributed by atoms with Crippen molar-refractivity contribution < 1.29 is 9.21 Å². The van der Waals surface area contributed by atoms with Gasteiger partial charge in [0.25, 0.3) is 0 Å². The molecule has 25 heavy (non-hydrogen) atoms. The summed E-state index contributed by atoms with van der Waals surface area (Å²) in [6, 6.07) is 24.2. The number of furan rings is 1. The summed E-state index contributed by atoms with van der Waals surface area (Å²) in [5, 5.41) is 0. The molecule has 0 saturated heterocycles. The highest BCUT2D eigenvalue weighted by molar-refractivity contribution is 5.76. The molecule has 0 spiro atoms. The first-order valence-corrected chi connectivity index (χ1v) is 8.69. The Morgan fingerprint density at radius 3 is 2.12 bits per heavy atom. The Labute approximate surface area is 148 Å². The van der Waals surface area contributed by atoms with E-state index in [2.05, 4.69) is 24.3 Å². The third-order valence-corrected chi connectivity index (χ3v) is 4.25. The maximum absolute atomic E-state index is 12.7. The fourth-order valence-electron chi connectivity index (χ4n) is 2.85. The molecule has 0 aliphatic heterocycles. The van der Waals surface area contributed by atoms with E-state index >= 15 is 0 Å². The van der Waals surface area contributed by atoms with Crippen LogP contribution >= 0.6 is 0 Å². The molecule has 0 saturated carbocycles. The molecule has 3 nitrogen and oxygen atoms in total. The van der Waals surface area contributed by atoms with Crippen molar-refractivity contribution in [3.05, 3.63) is 95.9 Å². The van der Waals surface area contributed by atoms with Crippen LogP contribution in [0.4, 0.5) is 0 Å². The van der Waals surface area contributed by atoms with Crippen molar-refractivity contribution in [2.45, 2.75) is 25.8 Å². The van der Waals surface area contributed by atoms with Crippen LogP contribution in [-0.2, 0) is 24.2 Å².